The van der Waals surface area contributed by atoms with Gasteiger partial charge in [0.15, 0.2) is 0 Å². The van der Waals surface area contributed by atoms with E-state index in [1.165, 1.54) is 56.3 Å². The highest BCUT2D eigenvalue weighted by Crippen LogP contribution is 2.30. The van der Waals surface area contributed by atoms with Gasteiger partial charge in [0.25, 0.3) is 0 Å². The quantitative estimate of drug-likeness (QED) is 0.915. The van der Waals surface area contributed by atoms with E-state index in [0.717, 1.165) is 29.8 Å². The molecule has 4 heteroatoms. The minimum absolute atomic E-state index is 0. The van der Waals surface area contributed by atoms with Gasteiger partial charge in [0.05, 0.1) is 0 Å². The van der Waals surface area contributed by atoms with E-state index in [1.54, 1.807) is 0 Å². The summed E-state index contributed by atoms with van der Waals surface area (Å²) in [4.78, 5) is 2.61. The number of piperidine rings is 1. The van der Waals surface area contributed by atoms with Gasteiger partial charge in [-0.2, -0.15) is 0 Å². The molecule has 2 saturated heterocycles. The molecule has 1 N–H and O–H groups in total. The highest BCUT2D eigenvalue weighted by molar-refractivity contribution is 5.85. The Hall–Kier alpha value is -1.03. The molecule has 2 aliphatic heterocycles. The van der Waals surface area contributed by atoms with Crippen LogP contribution in [0.3, 0.4) is 0 Å². The molecular weight excluding hydrogens is 308 g/mol. The molecule has 0 aliphatic carbocycles. The van der Waals surface area contributed by atoms with Crippen LogP contribution in [-0.4, -0.2) is 30.6 Å². The summed E-state index contributed by atoms with van der Waals surface area (Å²) < 4.78 is 5.91. The molecule has 2 aliphatic rings. The maximum atomic E-state index is 5.91. The topological polar surface area (TPSA) is 28.4 Å². The number of fused-ring (bicyclic) bond motifs is 1. The second-order valence-electron chi connectivity index (χ2n) is 6.95. The summed E-state index contributed by atoms with van der Waals surface area (Å²) in [6.45, 7) is 6.81. The van der Waals surface area contributed by atoms with Gasteiger partial charge in [-0.25, -0.2) is 0 Å². The number of benzene rings is 1. The number of hydrogen-bond donors (Lipinski definition) is 1. The van der Waals surface area contributed by atoms with Gasteiger partial charge in [0, 0.05) is 23.5 Å². The minimum atomic E-state index is 0. The lowest BCUT2D eigenvalue weighted by Crippen LogP contribution is -2.40. The van der Waals surface area contributed by atoms with Crippen LogP contribution in [0.1, 0.15) is 37.0 Å². The zero-order valence-corrected chi connectivity index (χ0v) is 14.7. The number of likely N-dealkylation sites (tertiary alicyclic amines) is 1. The summed E-state index contributed by atoms with van der Waals surface area (Å²) in [7, 11) is 0. The molecule has 1 unspecified atom stereocenters. The molecule has 0 amide bonds. The van der Waals surface area contributed by atoms with Crippen LogP contribution in [0.5, 0.6) is 0 Å². The summed E-state index contributed by atoms with van der Waals surface area (Å²) in [5.74, 6) is 1.97. The molecule has 23 heavy (non-hydrogen) atoms. The Morgan fingerprint density at radius 2 is 1.96 bits per heavy atom. The van der Waals surface area contributed by atoms with Crippen molar-refractivity contribution in [2.24, 2.45) is 5.92 Å². The normalized spacial score (nSPS) is 23.3. The van der Waals surface area contributed by atoms with Gasteiger partial charge in [-0.1, -0.05) is 18.2 Å². The van der Waals surface area contributed by atoms with E-state index in [-0.39, 0.29) is 12.4 Å². The van der Waals surface area contributed by atoms with Gasteiger partial charge in [-0.05, 0) is 64.2 Å². The van der Waals surface area contributed by atoms with Crippen LogP contribution in [-0.2, 0) is 6.54 Å². The van der Waals surface area contributed by atoms with Crippen LogP contribution in [0, 0.1) is 12.8 Å². The molecule has 3 heterocycles. The van der Waals surface area contributed by atoms with Crippen molar-refractivity contribution in [1.29, 1.82) is 0 Å². The standard InChI is InChI=1S/C19H26N2O.ClH/c1-14-17(16-5-2-3-7-19(16)22-14)13-21-11-8-15(9-12-21)18-6-4-10-20-18;/h2-3,5,7,15,18,20H,4,6,8-13H2,1H3;1H. The second kappa shape index (κ2) is 7.25. The van der Waals surface area contributed by atoms with Gasteiger partial charge < -0.3 is 9.73 Å². The van der Waals surface area contributed by atoms with Crippen LogP contribution in [0.15, 0.2) is 28.7 Å². The summed E-state index contributed by atoms with van der Waals surface area (Å²) >= 11 is 0. The third kappa shape index (κ3) is 3.42. The zero-order valence-electron chi connectivity index (χ0n) is 13.9. The SMILES string of the molecule is Cc1oc2ccccc2c1CN1CCC(C2CCCN2)CC1.Cl. The molecule has 126 valence electrons. The number of nitrogens with one attached hydrogen (secondary N) is 1. The van der Waals surface area contributed by atoms with Crippen molar-refractivity contribution in [3.05, 3.63) is 35.6 Å². The van der Waals surface area contributed by atoms with Gasteiger partial charge in [-0.3, -0.25) is 4.90 Å². The Bertz CT molecular complexity index is 640. The van der Waals surface area contributed by atoms with Crippen molar-refractivity contribution in [3.63, 3.8) is 0 Å². The first kappa shape index (κ1) is 16.8. The lowest BCUT2D eigenvalue weighted by atomic mass is 9.88. The molecule has 0 saturated carbocycles. The number of halogens is 1. The predicted octanol–water partition coefficient (Wildman–Crippen LogP) is 4.13. The molecule has 0 radical (unpaired) electrons. The first-order valence-electron chi connectivity index (χ1n) is 8.74. The van der Waals surface area contributed by atoms with Crippen LogP contribution < -0.4 is 5.32 Å². The van der Waals surface area contributed by atoms with E-state index in [2.05, 4.69) is 41.4 Å². The first-order chi connectivity index (χ1) is 10.8. The Labute approximate surface area is 144 Å². The number of aryl methyl sites for hydroxylation is 1. The fraction of sp³-hybridized carbons (Fsp3) is 0.579. The van der Waals surface area contributed by atoms with Crippen molar-refractivity contribution in [3.8, 4) is 0 Å². The van der Waals surface area contributed by atoms with E-state index in [4.69, 9.17) is 4.42 Å². The Morgan fingerprint density at radius 1 is 1.17 bits per heavy atom. The number of hydrogen-bond acceptors (Lipinski definition) is 3. The lowest BCUT2D eigenvalue weighted by Gasteiger charge is -2.34. The first-order valence-corrected chi connectivity index (χ1v) is 8.74. The predicted molar refractivity (Wildman–Crippen MR) is 97.2 cm³/mol. The van der Waals surface area contributed by atoms with Crippen LogP contribution in [0.2, 0.25) is 0 Å². The highest BCUT2D eigenvalue weighted by atomic mass is 35.5. The van der Waals surface area contributed by atoms with Crippen molar-refractivity contribution in [1.82, 2.24) is 10.2 Å². The van der Waals surface area contributed by atoms with Gasteiger partial charge >= 0.3 is 0 Å². The molecular formula is C19H27ClN2O. The summed E-state index contributed by atoms with van der Waals surface area (Å²) in [6.07, 6.45) is 5.43. The molecule has 0 spiro atoms. The van der Waals surface area contributed by atoms with Gasteiger partial charge in [0.1, 0.15) is 11.3 Å². The zero-order chi connectivity index (χ0) is 14.9. The molecule has 2 aromatic rings. The van der Waals surface area contributed by atoms with E-state index in [9.17, 15) is 0 Å². The monoisotopic (exact) mass is 334 g/mol. The Kier molecular flexibility index (Phi) is 5.30. The largest absolute Gasteiger partial charge is 0.461 e. The molecule has 3 nitrogen and oxygen atoms in total. The molecule has 0 bridgehead atoms. The third-order valence-corrected chi connectivity index (χ3v) is 5.58. The number of para-hydroxylation sites is 1. The summed E-state index contributed by atoms with van der Waals surface area (Å²) in [5.41, 5.74) is 2.41. The average Bonchev–Trinajstić information content (AvgIpc) is 3.17. The van der Waals surface area contributed by atoms with Crippen LogP contribution in [0.25, 0.3) is 11.0 Å². The highest BCUT2D eigenvalue weighted by Gasteiger charge is 2.28. The maximum Gasteiger partial charge on any atom is 0.134 e. The molecule has 1 aromatic carbocycles. The molecule has 2 fully saturated rings. The Balaban J connectivity index is 0.00000156. The maximum absolute atomic E-state index is 5.91. The molecule has 4 rings (SSSR count). The van der Waals surface area contributed by atoms with Crippen molar-refractivity contribution >= 4 is 23.4 Å². The van der Waals surface area contributed by atoms with Crippen molar-refractivity contribution in [2.75, 3.05) is 19.6 Å². The minimum Gasteiger partial charge on any atom is -0.461 e. The summed E-state index contributed by atoms with van der Waals surface area (Å²) in [5, 5.41) is 4.98. The number of rotatable bonds is 3. The van der Waals surface area contributed by atoms with E-state index >= 15 is 0 Å². The lowest BCUT2D eigenvalue weighted by molar-refractivity contribution is 0.157. The van der Waals surface area contributed by atoms with E-state index in [0.29, 0.717) is 0 Å². The fourth-order valence-electron chi connectivity index (χ4n) is 4.27. The summed E-state index contributed by atoms with van der Waals surface area (Å²) in [6, 6.07) is 9.22. The van der Waals surface area contributed by atoms with Crippen LogP contribution >= 0.6 is 12.4 Å². The number of furan rings is 1. The van der Waals surface area contributed by atoms with E-state index < -0.39 is 0 Å². The smallest absolute Gasteiger partial charge is 0.134 e. The van der Waals surface area contributed by atoms with Gasteiger partial charge in [-0.15, -0.1) is 12.4 Å². The molecule has 1 aromatic heterocycles. The number of nitrogens with zero attached hydrogens (tertiary/aromatic N) is 1. The third-order valence-electron chi connectivity index (χ3n) is 5.58. The fourth-order valence-corrected chi connectivity index (χ4v) is 4.27. The van der Waals surface area contributed by atoms with E-state index in [1.807, 2.05) is 0 Å². The average molecular weight is 335 g/mol. The van der Waals surface area contributed by atoms with Crippen LogP contribution in [0.4, 0.5) is 0 Å². The Morgan fingerprint density at radius 3 is 2.70 bits per heavy atom. The van der Waals surface area contributed by atoms with Crippen molar-refractivity contribution < 1.29 is 4.42 Å². The molecule has 1 atom stereocenters. The van der Waals surface area contributed by atoms with Gasteiger partial charge in [0.2, 0.25) is 0 Å². The second-order valence-corrected chi connectivity index (χ2v) is 6.95. The van der Waals surface area contributed by atoms with Crippen molar-refractivity contribution in [2.45, 2.75) is 45.2 Å².